The first kappa shape index (κ1) is 21.5. The van der Waals surface area contributed by atoms with Gasteiger partial charge >= 0.3 is 0 Å². The van der Waals surface area contributed by atoms with Crippen LogP contribution < -0.4 is 10.1 Å². The number of hydrogen-bond acceptors (Lipinski definition) is 3. The van der Waals surface area contributed by atoms with E-state index in [1.54, 1.807) is 31.3 Å². The van der Waals surface area contributed by atoms with E-state index in [0.29, 0.717) is 18.1 Å². The predicted octanol–water partition coefficient (Wildman–Crippen LogP) is 4.44. The molecule has 2 rings (SSSR count). The highest BCUT2D eigenvalue weighted by Crippen LogP contribution is 2.18. The molecule has 0 radical (unpaired) electrons. The summed E-state index contributed by atoms with van der Waals surface area (Å²) in [6.45, 7) is 8.90. The fraction of sp³-hybridized carbons (Fsp3) is 0.391. The molecule has 0 bridgehead atoms. The Hall–Kier alpha value is -2.82. The van der Waals surface area contributed by atoms with Crippen molar-refractivity contribution in [1.82, 2.24) is 4.90 Å². The van der Waals surface area contributed by atoms with Crippen LogP contribution in [0.1, 0.15) is 41.8 Å². The number of nitrogens with zero attached hydrogens (tertiary/aromatic N) is 1. The van der Waals surface area contributed by atoms with Crippen molar-refractivity contribution in [1.29, 1.82) is 0 Å². The van der Waals surface area contributed by atoms with Gasteiger partial charge in [-0.05, 0) is 67.6 Å². The number of carbonyl (C=O) groups is 2. The molecule has 0 fully saturated rings. The second-order valence-corrected chi connectivity index (χ2v) is 7.51. The third-order valence-corrected chi connectivity index (χ3v) is 4.67. The maximum atomic E-state index is 12.6. The fourth-order valence-electron chi connectivity index (χ4n) is 2.69. The zero-order valence-electron chi connectivity index (χ0n) is 17.4. The molecule has 0 spiro atoms. The highest BCUT2D eigenvalue weighted by Gasteiger charge is 2.16. The summed E-state index contributed by atoms with van der Waals surface area (Å²) in [5.41, 5.74) is 3.43. The van der Waals surface area contributed by atoms with Crippen LogP contribution in [0.15, 0.2) is 42.5 Å². The lowest BCUT2D eigenvalue weighted by molar-refractivity contribution is -0.116. The van der Waals surface area contributed by atoms with E-state index in [1.807, 2.05) is 32.0 Å². The predicted molar refractivity (Wildman–Crippen MR) is 113 cm³/mol. The van der Waals surface area contributed by atoms with E-state index < -0.39 is 0 Å². The van der Waals surface area contributed by atoms with Gasteiger partial charge in [-0.15, -0.1) is 0 Å². The standard InChI is InChI=1S/C23H30N2O3/c1-16(2)13-14-28-20-11-9-19(10-12-20)23(27)25(5)15-22(26)24-21-8-6-7-17(3)18(21)4/h6-12,16H,13-15H2,1-5H3,(H,24,26). The van der Waals surface area contributed by atoms with Crippen molar-refractivity contribution in [3.05, 3.63) is 59.2 Å². The number of likely N-dealkylation sites (N-methyl/N-ethyl adjacent to an activating group) is 1. The average Bonchev–Trinajstić information content (AvgIpc) is 2.65. The minimum atomic E-state index is -0.224. The van der Waals surface area contributed by atoms with Crippen LogP contribution in [0.3, 0.4) is 0 Å². The number of nitrogens with one attached hydrogen (secondary N) is 1. The molecule has 5 heteroatoms. The van der Waals surface area contributed by atoms with Crippen LogP contribution in [0, 0.1) is 19.8 Å². The molecular weight excluding hydrogens is 352 g/mol. The molecule has 0 atom stereocenters. The summed E-state index contributed by atoms with van der Waals surface area (Å²) in [5, 5.41) is 2.88. The maximum absolute atomic E-state index is 12.6. The Bertz CT molecular complexity index is 813. The number of ether oxygens (including phenoxy) is 1. The molecular formula is C23H30N2O3. The van der Waals surface area contributed by atoms with E-state index in [4.69, 9.17) is 4.74 Å². The van der Waals surface area contributed by atoms with Crippen LogP contribution in [0.5, 0.6) is 5.75 Å². The molecule has 0 aliphatic carbocycles. The van der Waals surface area contributed by atoms with Crippen molar-refractivity contribution < 1.29 is 14.3 Å². The summed E-state index contributed by atoms with van der Waals surface area (Å²) in [5.74, 6) is 0.903. The molecule has 0 heterocycles. The third-order valence-electron chi connectivity index (χ3n) is 4.67. The minimum Gasteiger partial charge on any atom is -0.494 e. The summed E-state index contributed by atoms with van der Waals surface area (Å²) >= 11 is 0. The summed E-state index contributed by atoms with van der Waals surface area (Å²) in [4.78, 5) is 26.3. The number of benzene rings is 2. The Morgan fingerprint density at radius 2 is 1.75 bits per heavy atom. The van der Waals surface area contributed by atoms with Crippen molar-refractivity contribution in [2.75, 3.05) is 25.5 Å². The first-order valence-corrected chi connectivity index (χ1v) is 9.62. The zero-order valence-corrected chi connectivity index (χ0v) is 17.4. The summed E-state index contributed by atoms with van der Waals surface area (Å²) in [6, 6.07) is 12.8. The minimum absolute atomic E-state index is 0.0150. The van der Waals surface area contributed by atoms with Gasteiger partial charge in [0.1, 0.15) is 5.75 Å². The smallest absolute Gasteiger partial charge is 0.254 e. The second kappa shape index (κ2) is 9.93. The highest BCUT2D eigenvalue weighted by atomic mass is 16.5. The lowest BCUT2D eigenvalue weighted by atomic mass is 10.1. The van der Waals surface area contributed by atoms with Gasteiger partial charge in [0.25, 0.3) is 5.91 Å². The van der Waals surface area contributed by atoms with Gasteiger partial charge in [-0.2, -0.15) is 0 Å². The van der Waals surface area contributed by atoms with E-state index in [0.717, 1.165) is 29.0 Å². The number of hydrogen-bond donors (Lipinski definition) is 1. The molecule has 150 valence electrons. The van der Waals surface area contributed by atoms with Gasteiger partial charge in [0.15, 0.2) is 0 Å². The monoisotopic (exact) mass is 382 g/mol. The molecule has 2 amide bonds. The van der Waals surface area contributed by atoms with Gasteiger partial charge in [-0.3, -0.25) is 9.59 Å². The normalized spacial score (nSPS) is 10.6. The molecule has 1 N–H and O–H groups in total. The van der Waals surface area contributed by atoms with Crippen LogP contribution in [0.4, 0.5) is 5.69 Å². The third kappa shape index (κ3) is 6.12. The van der Waals surface area contributed by atoms with Gasteiger partial charge in [0, 0.05) is 18.3 Å². The van der Waals surface area contributed by atoms with Gasteiger partial charge in [0.05, 0.1) is 13.2 Å². The maximum Gasteiger partial charge on any atom is 0.254 e. The second-order valence-electron chi connectivity index (χ2n) is 7.51. The van der Waals surface area contributed by atoms with Crippen molar-refractivity contribution in [2.45, 2.75) is 34.1 Å². The van der Waals surface area contributed by atoms with Gasteiger partial charge in [-0.1, -0.05) is 26.0 Å². The number of amides is 2. The van der Waals surface area contributed by atoms with Crippen LogP contribution in [0.2, 0.25) is 0 Å². The zero-order chi connectivity index (χ0) is 20.7. The average molecular weight is 383 g/mol. The Morgan fingerprint density at radius 1 is 1.07 bits per heavy atom. The molecule has 2 aromatic carbocycles. The quantitative estimate of drug-likeness (QED) is 0.734. The molecule has 0 saturated heterocycles. The van der Waals surface area contributed by atoms with E-state index in [-0.39, 0.29) is 18.4 Å². The summed E-state index contributed by atoms with van der Waals surface area (Å²) < 4.78 is 5.67. The SMILES string of the molecule is Cc1cccc(NC(=O)CN(C)C(=O)c2ccc(OCCC(C)C)cc2)c1C. The van der Waals surface area contributed by atoms with Gasteiger partial charge in [0.2, 0.25) is 5.91 Å². The van der Waals surface area contributed by atoms with Crippen LogP contribution in [-0.2, 0) is 4.79 Å². The van der Waals surface area contributed by atoms with E-state index in [2.05, 4.69) is 19.2 Å². The first-order valence-electron chi connectivity index (χ1n) is 9.62. The molecule has 0 aliphatic heterocycles. The highest BCUT2D eigenvalue weighted by molar-refractivity contribution is 5.99. The van der Waals surface area contributed by atoms with Crippen molar-refractivity contribution in [3.63, 3.8) is 0 Å². The number of aryl methyl sites for hydroxylation is 1. The fourth-order valence-corrected chi connectivity index (χ4v) is 2.69. The van der Waals surface area contributed by atoms with Gasteiger partial charge < -0.3 is 15.0 Å². The van der Waals surface area contributed by atoms with E-state index in [9.17, 15) is 9.59 Å². The molecule has 0 aliphatic rings. The number of carbonyl (C=O) groups excluding carboxylic acids is 2. The Morgan fingerprint density at radius 3 is 2.39 bits per heavy atom. The van der Waals surface area contributed by atoms with Crippen molar-refractivity contribution in [2.24, 2.45) is 5.92 Å². The molecule has 0 saturated carbocycles. The molecule has 28 heavy (non-hydrogen) atoms. The molecule has 5 nitrogen and oxygen atoms in total. The first-order chi connectivity index (χ1) is 13.3. The van der Waals surface area contributed by atoms with E-state index in [1.165, 1.54) is 4.90 Å². The lowest BCUT2D eigenvalue weighted by Gasteiger charge is -2.18. The number of rotatable bonds is 8. The Labute approximate surface area is 167 Å². The topological polar surface area (TPSA) is 58.6 Å². The van der Waals surface area contributed by atoms with E-state index >= 15 is 0 Å². The Balaban J connectivity index is 1.91. The van der Waals surface area contributed by atoms with Crippen LogP contribution in [-0.4, -0.2) is 36.9 Å². The molecule has 2 aromatic rings. The molecule has 0 unspecified atom stereocenters. The van der Waals surface area contributed by atoms with Crippen molar-refractivity contribution in [3.8, 4) is 5.75 Å². The van der Waals surface area contributed by atoms with Crippen molar-refractivity contribution >= 4 is 17.5 Å². The molecule has 0 aromatic heterocycles. The number of anilines is 1. The lowest BCUT2D eigenvalue weighted by Crippen LogP contribution is -2.35. The summed E-state index contributed by atoms with van der Waals surface area (Å²) in [6.07, 6.45) is 0.985. The summed E-state index contributed by atoms with van der Waals surface area (Å²) in [7, 11) is 1.62. The van der Waals surface area contributed by atoms with Crippen LogP contribution >= 0.6 is 0 Å². The Kier molecular flexibility index (Phi) is 7.61. The van der Waals surface area contributed by atoms with Gasteiger partial charge in [-0.25, -0.2) is 0 Å². The van der Waals surface area contributed by atoms with Crippen LogP contribution in [0.25, 0.3) is 0 Å². The largest absolute Gasteiger partial charge is 0.494 e.